The highest BCUT2D eigenvalue weighted by Gasteiger charge is 2.23. The van der Waals surface area contributed by atoms with Crippen LogP contribution in [0.5, 0.6) is 0 Å². The summed E-state index contributed by atoms with van der Waals surface area (Å²) >= 11 is 0. The van der Waals surface area contributed by atoms with Gasteiger partial charge in [-0.2, -0.15) is 0 Å². The first-order valence-corrected chi connectivity index (χ1v) is 6.96. The average Bonchev–Trinajstić information content (AvgIpc) is 2.51. The van der Waals surface area contributed by atoms with Crippen molar-refractivity contribution in [1.82, 2.24) is 0 Å². The Morgan fingerprint density at radius 2 is 1.88 bits per heavy atom. The van der Waals surface area contributed by atoms with E-state index in [-0.39, 0.29) is 35.5 Å². The summed E-state index contributed by atoms with van der Waals surface area (Å²) in [6.07, 6.45) is -1.09. The maximum atomic E-state index is 11.4. The number of rotatable bonds is 8. The summed E-state index contributed by atoms with van der Waals surface area (Å²) in [6.45, 7) is 4.52. The fourth-order valence-corrected chi connectivity index (χ4v) is 2.02. The number of ether oxygens (including phenoxy) is 1. The van der Waals surface area contributed by atoms with Gasteiger partial charge in [0, 0.05) is 19.2 Å². The van der Waals surface area contributed by atoms with Crippen molar-refractivity contribution in [1.29, 1.82) is 0 Å². The van der Waals surface area contributed by atoms with Crippen molar-refractivity contribution in [3.05, 3.63) is 41.5 Å². The van der Waals surface area contributed by atoms with E-state index in [0.717, 1.165) is 0 Å². The summed E-state index contributed by atoms with van der Waals surface area (Å²) in [4.78, 5) is 35.2. The number of carbonyl (C=O) groups is 3. The first-order valence-electron chi connectivity index (χ1n) is 6.96. The van der Waals surface area contributed by atoms with Gasteiger partial charge in [-0.25, -0.2) is 14.4 Å². The van der Waals surface area contributed by atoms with Crippen LogP contribution in [0.1, 0.15) is 27.6 Å². The molecule has 3 N–H and O–H groups in total. The molecule has 0 fully saturated rings. The van der Waals surface area contributed by atoms with Gasteiger partial charge in [-0.05, 0) is 19.1 Å². The molecule has 1 aromatic carbocycles. The van der Waals surface area contributed by atoms with Crippen LogP contribution in [0.3, 0.4) is 0 Å². The minimum Gasteiger partial charge on any atom is -0.478 e. The number of aliphatic hydroxyl groups excluding tert-OH is 1. The molecule has 130 valence electrons. The minimum absolute atomic E-state index is 0.0627. The summed E-state index contributed by atoms with van der Waals surface area (Å²) < 4.78 is 4.82. The van der Waals surface area contributed by atoms with Crippen LogP contribution in [-0.4, -0.2) is 59.5 Å². The van der Waals surface area contributed by atoms with Gasteiger partial charge in [-0.15, -0.1) is 0 Å². The maximum absolute atomic E-state index is 11.4. The first-order chi connectivity index (χ1) is 11.1. The number of hydrogen-bond donors (Lipinski definition) is 3. The van der Waals surface area contributed by atoms with Gasteiger partial charge >= 0.3 is 17.9 Å². The van der Waals surface area contributed by atoms with Crippen LogP contribution in [0.15, 0.2) is 30.4 Å². The largest absolute Gasteiger partial charge is 0.478 e. The number of anilines is 1. The lowest BCUT2D eigenvalue weighted by atomic mass is 10.0. The van der Waals surface area contributed by atoms with E-state index in [0.29, 0.717) is 0 Å². The van der Waals surface area contributed by atoms with Gasteiger partial charge in [0.1, 0.15) is 12.7 Å². The maximum Gasteiger partial charge on any atom is 0.338 e. The van der Waals surface area contributed by atoms with E-state index < -0.39 is 24.0 Å². The number of benzene rings is 1. The highest BCUT2D eigenvalue weighted by atomic mass is 16.5. The van der Waals surface area contributed by atoms with E-state index in [1.807, 2.05) is 0 Å². The second-order valence-corrected chi connectivity index (χ2v) is 5.22. The topological polar surface area (TPSA) is 124 Å². The number of esters is 1. The molecule has 0 heterocycles. The number of nitrogens with zero attached hydrogens (tertiary/aromatic N) is 1. The lowest BCUT2D eigenvalue weighted by Crippen LogP contribution is -2.34. The van der Waals surface area contributed by atoms with E-state index in [4.69, 9.17) is 9.84 Å². The molecule has 0 saturated carbocycles. The molecule has 0 aliphatic heterocycles. The van der Waals surface area contributed by atoms with Crippen LogP contribution >= 0.6 is 0 Å². The standard InChI is InChI=1S/C16H19NO7/c1-9(2)16(23)24-8-10(18)7-17(3)12-6-4-5-11(14(19)20)13(12)15(21)22/h4-6,10,18H,1,7-8H2,2-3H3,(H,19,20)(H,21,22). The van der Waals surface area contributed by atoms with Gasteiger partial charge in [0.05, 0.1) is 16.8 Å². The SMILES string of the molecule is C=C(C)C(=O)OCC(O)CN(C)c1cccc(C(=O)O)c1C(=O)O. The third kappa shape index (κ3) is 4.82. The van der Waals surface area contributed by atoms with E-state index in [1.54, 1.807) is 0 Å². The molecular formula is C16H19NO7. The molecule has 0 aromatic heterocycles. The Labute approximate surface area is 138 Å². The van der Waals surface area contributed by atoms with Crippen molar-refractivity contribution in [3.8, 4) is 0 Å². The molecule has 0 bridgehead atoms. The van der Waals surface area contributed by atoms with Crippen LogP contribution < -0.4 is 4.90 Å². The fraction of sp³-hybridized carbons (Fsp3) is 0.312. The van der Waals surface area contributed by atoms with Gasteiger partial charge in [-0.1, -0.05) is 12.6 Å². The number of aliphatic hydroxyl groups is 1. The van der Waals surface area contributed by atoms with Gasteiger partial charge < -0.3 is 25.0 Å². The van der Waals surface area contributed by atoms with Crippen LogP contribution in [0.2, 0.25) is 0 Å². The zero-order valence-electron chi connectivity index (χ0n) is 13.4. The molecule has 1 rings (SSSR count). The lowest BCUT2D eigenvalue weighted by Gasteiger charge is -2.24. The van der Waals surface area contributed by atoms with Crippen molar-refractivity contribution in [2.24, 2.45) is 0 Å². The molecule has 8 heteroatoms. The number of aromatic carboxylic acids is 2. The molecule has 1 atom stereocenters. The third-order valence-corrected chi connectivity index (χ3v) is 3.14. The summed E-state index contributed by atoms with van der Waals surface area (Å²) in [5.41, 5.74) is -0.403. The van der Waals surface area contributed by atoms with Crippen LogP contribution in [-0.2, 0) is 9.53 Å². The van der Waals surface area contributed by atoms with E-state index in [2.05, 4.69) is 6.58 Å². The van der Waals surface area contributed by atoms with Crippen molar-refractivity contribution < 1.29 is 34.4 Å². The highest BCUT2D eigenvalue weighted by molar-refractivity contribution is 6.05. The smallest absolute Gasteiger partial charge is 0.338 e. The Balaban J connectivity index is 2.91. The number of carboxylic acid groups (broad SMARTS) is 2. The Hall–Kier alpha value is -2.87. The van der Waals surface area contributed by atoms with Crippen LogP contribution in [0, 0.1) is 0 Å². The molecule has 0 aliphatic carbocycles. The zero-order valence-corrected chi connectivity index (χ0v) is 13.4. The van der Waals surface area contributed by atoms with Gasteiger partial charge in [0.25, 0.3) is 0 Å². The third-order valence-electron chi connectivity index (χ3n) is 3.14. The molecule has 0 spiro atoms. The van der Waals surface area contributed by atoms with Crippen molar-refractivity contribution in [2.75, 3.05) is 25.1 Å². The summed E-state index contributed by atoms with van der Waals surface area (Å²) in [6, 6.07) is 4.03. The van der Waals surface area contributed by atoms with Crippen LogP contribution in [0.25, 0.3) is 0 Å². The predicted octanol–water partition coefficient (Wildman–Crippen LogP) is 0.999. The molecule has 1 unspecified atom stereocenters. The Bertz CT molecular complexity index is 668. The van der Waals surface area contributed by atoms with Crippen molar-refractivity contribution in [3.63, 3.8) is 0 Å². The predicted molar refractivity (Wildman–Crippen MR) is 85.4 cm³/mol. The molecule has 8 nitrogen and oxygen atoms in total. The second-order valence-electron chi connectivity index (χ2n) is 5.22. The lowest BCUT2D eigenvalue weighted by molar-refractivity contribution is -0.141. The normalized spacial score (nSPS) is 11.5. The fourth-order valence-electron chi connectivity index (χ4n) is 2.02. The number of likely N-dealkylation sites (N-methyl/N-ethyl adjacent to an activating group) is 1. The average molecular weight is 337 g/mol. The summed E-state index contributed by atoms with van der Waals surface area (Å²) in [5, 5.41) is 28.3. The molecular weight excluding hydrogens is 318 g/mol. The van der Waals surface area contributed by atoms with E-state index in [9.17, 15) is 24.6 Å². The molecule has 0 aliphatic rings. The van der Waals surface area contributed by atoms with E-state index in [1.165, 1.54) is 37.1 Å². The summed E-state index contributed by atoms with van der Waals surface area (Å²) in [5.74, 6) is -3.40. The highest BCUT2D eigenvalue weighted by Crippen LogP contribution is 2.23. The number of hydrogen-bond acceptors (Lipinski definition) is 6. The molecule has 0 radical (unpaired) electrons. The Morgan fingerprint density at radius 1 is 1.25 bits per heavy atom. The van der Waals surface area contributed by atoms with Crippen molar-refractivity contribution >= 4 is 23.6 Å². The van der Waals surface area contributed by atoms with E-state index >= 15 is 0 Å². The monoisotopic (exact) mass is 337 g/mol. The zero-order chi connectivity index (χ0) is 18.4. The first kappa shape index (κ1) is 19.2. The van der Waals surface area contributed by atoms with Gasteiger partial charge in [-0.3, -0.25) is 0 Å². The molecule has 24 heavy (non-hydrogen) atoms. The minimum atomic E-state index is -1.39. The quantitative estimate of drug-likeness (QED) is 0.474. The number of carboxylic acids is 2. The molecule has 0 saturated heterocycles. The molecule has 1 aromatic rings. The van der Waals surface area contributed by atoms with Crippen molar-refractivity contribution in [2.45, 2.75) is 13.0 Å². The van der Waals surface area contributed by atoms with Gasteiger partial charge in [0.2, 0.25) is 0 Å². The van der Waals surface area contributed by atoms with Crippen LogP contribution in [0.4, 0.5) is 5.69 Å². The Morgan fingerprint density at radius 3 is 2.38 bits per heavy atom. The van der Waals surface area contributed by atoms with Gasteiger partial charge in [0.15, 0.2) is 0 Å². The summed E-state index contributed by atoms with van der Waals surface area (Å²) in [7, 11) is 1.50. The number of carbonyl (C=O) groups excluding carboxylic acids is 1. The second kappa shape index (κ2) is 8.11. The molecule has 0 amide bonds. The Kier molecular flexibility index (Phi) is 6.48.